The van der Waals surface area contributed by atoms with Gasteiger partial charge in [-0.25, -0.2) is 14.5 Å². The first-order chi connectivity index (χ1) is 10.1. The Labute approximate surface area is 132 Å². The number of alkyl halides is 2. The summed E-state index contributed by atoms with van der Waals surface area (Å²) in [6, 6.07) is 0. The summed E-state index contributed by atoms with van der Waals surface area (Å²) < 4.78 is 42.0. The van der Waals surface area contributed by atoms with Crippen molar-refractivity contribution in [3.63, 3.8) is 0 Å². The van der Waals surface area contributed by atoms with E-state index in [1.807, 2.05) is 0 Å². The van der Waals surface area contributed by atoms with E-state index in [4.69, 9.17) is 9.47 Å². The van der Waals surface area contributed by atoms with E-state index >= 15 is 0 Å². The number of likely N-dealkylation sites (tertiary alicyclic amines) is 1. The molecule has 0 aromatic carbocycles. The molecule has 1 atom stereocenters. The second-order valence-electron chi connectivity index (χ2n) is 7.09. The second-order valence-corrected chi connectivity index (χ2v) is 7.09. The fourth-order valence-corrected chi connectivity index (χ4v) is 1.66. The van der Waals surface area contributed by atoms with E-state index in [1.54, 1.807) is 0 Å². The van der Waals surface area contributed by atoms with Gasteiger partial charge < -0.3 is 14.2 Å². The number of hydrogen-bond donors (Lipinski definition) is 0. The number of carbonyl (C=O) groups is 3. The fraction of sp³-hybridized carbons (Fsp3) is 0.786. The summed E-state index contributed by atoms with van der Waals surface area (Å²) >= 11 is 0. The predicted octanol–water partition coefficient (Wildman–Crippen LogP) is 2.72. The third-order valence-corrected chi connectivity index (χ3v) is 2.52. The van der Waals surface area contributed by atoms with Crippen LogP contribution in [-0.4, -0.2) is 52.8 Å². The molecule has 1 saturated heterocycles. The van der Waals surface area contributed by atoms with Crippen molar-refractivity contribution in [2.24, 2.45) is 0 Å². The van der Waals surface area contributed by atoms with Crippen LogP contribution >= 0.6 is 0 Å². The first-order valence-corrected chi connectivity index (χ1v) is 6.96. The standard InChI is InChI=1S/C14H21F2NO6/c1-12(2,3)22-10(19)17-7-8(14(15,16)9(17)18)21-11(20)23-13(4,5)6/h8H,7H2,1-6H3. The van der Waals surface area contributed by atoms with Crippen LogP contribution < -0.4 is 0 Å². The molecule has 0 saturated carbocycles. The molecule has 1 aliphatic heterocycles. The molecule has 23 heavy (non-hydrogen) atoms. The Balaban J connectivity index is 2.83. The lowest BCUT2D eigenvalue weighted by Gasteiger charge is -2.23. The summed E-state index contributed by atoms with van der Waals surface area (Å²) in [7, 11) is 0. The van der Waals surface area contributed by atoms with E-state index in [9.17, 15) is 23.2 Å². The van der Waals surface area contributed by atoms with E-state index in [0.717, 1.165) is 0 Å². The highest BCUT2D eigenvalue weighted by Gasteiger charge is 2.61. The van der Waals surface area contributed by atoms with Gasteiger partial charge >= 0.3 is 24.1 Å². The molecule has 132 valence electrons. The van der Waals surface area contributed by atoms with E-state index in [0.29, 0.717) is 0 Å². The van der Waals surface area contributed by atoms with Gasteiger partial charge in [0.2, 0.25) is 0 Å². The molecular formula is C14H21F2NO6. The zero-order chi connectivity index (χ0) is 18.2. The average Bonchev–Trinajstić information content (AvgIpc) is 2.48. The Bertz CT molecular complexity index is 506. The zero-order valence-electron chi connectivity index (χ0n) is 13.9. The molecule has 0 N–H and O–H groups in total. The van der Waals surface area contributed by atoms with Gasteiger partial charge in [0.1, 0.15) is 11.2 Å². The summed E-state index contributed by atoms with van der Waals surface area (Å²) in [5.41, 5.74) is -1.91. The Kier molecular flexibility index (Phi) is 4.93. The minimum atomic E-state index is -4.03. The van der Waals surface area contributed by atoms with Crippen molar-refractivity contribution in [1.82, 2.24) is 4.90 Å². The van der Waals surface area contributed by atoms with Gasteiger partial charge in [-0.3, -0.25) is 4.79 Å². The quantitative estimate of drug-likeness (QED) is 0.684. The minimum Gasteiger partial charge on any atom is -0.443 e. The molecule has 1 fully saturated rings. The second kappa shape index (κ2) is 5.93. The lowest BCUT2D eigenvalue weighted by Crippen LogP contribution is -2.42. The first-order valence-electron chi connectivity index (χ1n) is 6.96. The van der Waals surface area contributed by atoms with Crippen LogP contribution in [0.5, 0.6) is 0 Å². The molecule has 0 bridgehead atoms. The molecule has 1 aliphatic rings. The predicted molar refractivity (Wildman–Crippen MR) is 74.0 cm³/mol. The van der Waals surface area contributed by atoms with E-state index in [1.165, 1.54) is 41.5 Å². The highest BCUT2D eigenvalue weighted by atomic mass is 19.3. The van der Waals surface area contributed by atoms with Gasteiger partial charge in [0.05, 0.1) is 6.54 Å². The summed E-state index contributed by atoms with van der Waals surface area (Å²) in [5, 5.41) is 0. The van der Waals surface area contributed by atoms with Gasteiger partial charge in [0.15, 0.2) is 6.10 Å². The Morgan fingerprint density at radius 1 is 1.09 bits per heavy atom. The summed E-state index contributed by atoms with van der Waals surface area (Å²) in [4.78, 5) is 35.2. The molecule has 0 aromatic heterocycles. The largest absolute Gasteiger partial charge is 0.509 e. The summed E-state index contributed by atoms with van der Waals surface area (Å²) in [5.74, 6) is -5.81. The smallest absolute Gasteiger partial charge is 0.443 e. The molecule has 0 aromatic rings. The monoisotopic (exact) mass is 337 g/mol. The highest BCUT2D eigenvalue weighted by molar-refractivity contribution is 5.98. The van der Waals surface area contributed by atoms with Crippen LogP contribution in [0.25, 0.3) is 0 Å². The highest BCUT2D eigenvalue weighted by Crippen LogP contribution is 2.33. The lowest BCUT2D eigenvalue weighted by atomic mass is 10.2. The van der Waals surface area contributed by atoms with Crippen molar-refractivity contribution >= 4 is 18.2 Å². The first kappa shape index (κ1) is 19.1. The maximum atomic E-state index is 13.9. The summed E-state index contributed by atoms with van der Waals surface area (Å²) in [6.07, 6.45) is -4.70. The van der Waals surface area contributed by atoms with E-state index in [-0.39, 0.29) is 4.90 Å². The van der Waals surface area contributed by atoms with Gasteiger partial charge in [0.25, 0.3) is 0 Å². The molecule has 1 unspecified atom stereocenters. The zero-order valence-corrected chi connectivity index (χ0v) is 13.9. The molecule has 1 heterocycles. The number of carbonyl (C=O) groups excluding carboxylic acids is 3. The van der Waals surface area contributed by atoms with Crippen LogP contribution in [-0.2, 0) is 19.0 Å². The van der Waals surface area contributed by atoms with Crippen LogP contribution in [0.15, 0.2) is 0 Å². The topological polar surface area (TPSA) is 82.1 Å². The summed E-state index contributed by atoms with van der Waals surface area (Å²) in [6.45, 7) is 8.35. The average molecular weight is 337 g/mol. The molecule has 0 spiro atoms. The van der Waals surface area contributed by atoms with E-state index in [2.05, 4.69) is 4.74 Å². The number of nitrogens with zero attached hydrogens (tertiary/aromatic N) is 1. The van der Waals surface area contributed by atoms with Crippen LogP contribution in [0.3, 0.4) is 0 Å². The van der Waals surface area contributed by atoms with Crippen molar-refractivity contribution in [2.45, 2.75) is 64.8 Å². The van der Waals surface area contributed by atoms with Gasteiger partial charge in [-0.05, 0) is 41.5 Å². The number of rotatable bonds is 1. The van der Waals surface area contributed by atoms with Crippen LogP contribution in [0.2, 0.25) is 0 Å². The van der Waals surface area contributed by atoms with Crippen LogP contribution in [0, 0.1) is 0 Å². The minimum absolute atomic E-state index is 0.223. The van der Waals surface area contributed by atoms with Crippen molar-refractivity contribution in [2.75, 3.05) is 6.54 Å². The maximum absolute atomic E-state index is 13.9. The van der Waals surface area contributed by atoms with Gasteiger partial charge in [0, 0.05) is 0 Å². The third-order valence-electron chi connectivity index (χ3n) is 2.52. The number of ether oxygens (including phenoxy) is 3. The lowest BCUT2D eigenvalue weighted by molar-refractivity contribution is -0.157. The molecule has 0 radical (unpaired) electrons. The van der Waals surface area contributed by atoms with Crippen LogP contribution in [0.1, 0.15) is 41.5 Å². The maximum Gasteiger partial charge on any atom is 0.509 e. The van der Waals surface area contributed by atoms with Crippen LogP contribution in [0.4, 0.5) is 18.4 Å². The van der Waals surface area contributed by atoms with Gasteiger partial charge in [-0.1, -0.05) is 0 Å². The Hall–Kier alpha value is -1.93. The molecule has 0 aliphatic carbocycles. The molecular weight excluding hydrogens is 316 g/mol. The molecule has 1 rings (SSSR count). The number of halogens is 2. The number of imide groups is 1. The fourth-order valence-electron chi connectivity index (χ4n) is 1.66. The number of amides is 2. The number of hydrogen-bond acceptors (Lipinski definition) is 6. The van der Waals surface area contributed by atoms with Gasteiger partial charge in [-0.2, -0.15) is 8.78 Å². The van der Waals surface area contributed by atoms with Crippen molar-refractivity contribution < 1.29 is 37.4 Å². The molecule has 7 nitrogen and oxygen atoms in total. The Morgan fingerprint density at radius 3 is 2.00 bits per heavy atom. The van der Waals surface area contributed by atoms with E-state index < -0.39 is 47.9 Å². The SMILES string of the molecule is CC(C)(C)OC(=O)OC1CN(C(=O)OC(C)(C)C)C(=O)C1(F)F. The normalized spacial score (nSPS) is 21.1. The Morgan fingerprint density at radius 2 is 1.57 bits per heavy atom. The third kappa shape index (κ3) is 5.04. The molecule has 2 amide bonds. The molecule has 9 heteroatoms. The van der Waals surface area contributed by atoms with Gasteiger partial charge in [-0.15, -0.1) is 0 Å². The van der Waals surface area contributed by atoms with Crippen molar-refractivity contribution in [1.29, 1.82) is 0 Å². The van der Waals surface area contributed by atoms with Crippen molar-refractivity contribution in [3.05, 3.63) is 0 Å². The van der Waals surface area contributed by atoms with Crippen molar-refractivity contribution in [3.8, 4) is 0 Å².